The van der Waals surface area contributed by atoms with Gasteiger partial charge in [-0.2, -0.15) is 0 Å². The zero-order valence-corrected chi connectivity index (χ0v) is 7.99. The molecular weight excluding hydrogens is 180 g/mol. The average molecular weight is 192 g/mol. The molecule has 0 spiro atoms. The fourth-order valence-electron chi connectivity index (χ4n) is 1.24. The third kappa shape index (κ3) is 1.84. The standard InChI is InChI=1S/C10H12N2O2/c1-14-10(13)8-6-11-5-4-9(8)12-7-2-3-7/h4-7H,2-3H2,1H3,(H,11,12). The Hall–Kier alpha value is -1.58. The molecular formula is C10H12N2O2. The van der Waals surface area contributed by atoms with Crippen LogP contribution in [-0.2, 0) is 4.74 Å². The van der Waals surface area contributed by atoms with Crippen LogP contribution in [0.3, 0.4) is 0 Å². The lowest BCUT2D eigenvalue weighted by Gasteiger charge is -2.08. The lowest BCUT2D eigenvalue weighted by atomic mass is 10.2. The molecule has 0 aliphatic heterocycles. The van der Waals surface area contributed by atoms with Crippen LogP contribution < -0.4 is 5.32 Å². The maximum atomic E-state index is 11.3. The summed E-state index contributed by atoms with van der Waals surface area (Å²) in [6.45, 7) is 0. The molecule has 14 heavy (non-hydrogen) atoms. The molecule has 0 aromatic carbocycles. The summed E-state index contributed by atoms with van der Waals surface area (Å²) in [5.41, 5.74) is 1.32. The third-order valence-electron chi connectivity index (χ3n) is 2.16. The Labute approximate surface area is 82.3 Å². The summed E-state index contributed by atoms with van der Waals surface area (Å²) in [5.74, 6) is -0.346. The van der Waals surface area contributed by atoms with E-state index in [1.165, 1.54) is 26.1 Å². The highest BCUT2D eigenvalue weighted by Crippen LogP contribution is 2.26. The first-order valence-corrected chi connectivity index (χ1v) is 4.60. The van der Waals surface area contributed by atoms with Gasteiger partial charge in [-0.15, -0.1) is 0 Å². The fourth-order valence-corrected chi connectivity index (χ4v) is 1.24. The van der Waals surface area contributed by atoms with Gasteiger partial charge in [-0.05, 0) is 18.9 Å². The topological polar surface area (TPSA) is 51.2 Å². The molecule has 0 saturated heterocycles. The van der Waals surface area contributed by atoms with Crippen LogP contribution in [0.15, 0.2) is 18.5 Å². The Morgan fingerprint density at radius 2 is 2.43 bits per heavy atom. The van der Waals surface area contributed by atoms with Crippen LogP contribution in [0.2, 0.25) is 0 Å². The van der Waals surface area contributed by atoms with Gasteiger partial charge in [0.05, 0.1) is 12.8 Å². The molecule has 0 radical (unpaired) electrons. The first-order chi connectivity index (χ1) is 6.81. The molecule has 1 aromatic heterocycles. The van der Waals surface area contributed by atoms with Gasteiger partial charge < -0.3 is 10.1 Å². The number of hydrogen-bond donors (Lipinski definition) is 1. The molecule has 1 N–H and O–H groups in total. The normalized spacial score (nSPS) is 14.9. The Balaban J connectivity index is 2.22. The van der Waals surface area contributed by atoms with Crippen molar-refractivity contribution in [3.05, 3.63) is 24.0 Å². The van der Waals surface area contributed by atoms with Gasteiger partial charge in [-0.25, -0.2) is 4.79 Å². The second kappa shape index (κ2) is 3.65. The summed E-state index contributed by atoms with van der Waals surface area (Å²) in [4.78, 5) is 15.2. The van der Waals surface area contributed by atoms with Gasteiger partial charge in [0, 0.05) is 18.4 Å². The highest BCUT2D eigenvalue weighted by atomic mass is 16.5. The predicted molar refractivity (Wildman–Crippen MR) is 52.2 cm³/mol. The van der Waals surface area contributed by atoms with Gasteiger partial charge in [0.15, 0.2) is 0 Å². The number of hydrogen-bond acceptors (Lipinski definition) is 4. The van der Waals surface area contributed by atoms with E-state index in [0.717, 1.165) is 5.69 Å². The monoisotopic (exact) mass is 192 g/mol. The van der Waals surface area contributed by atoms with E-state index in [-0.39, 0.29) is 5.97 Å². The maximum Gasteiger partial charge on any atom is 0.341 e. The number of aromatic nitrogens is 1. The number of ether oxygens (including phenoxy) is 1. The van der Waals surface area contributed by atoms with E-state index in [2.05, 4.69) is 15.0 Å². The fraction of sp³-hybridized carbons (Fsp3) is 0.400. The summed E-state index contributed by atoms with van der Waals surface area (Å²) >= 11 is 0. The molecule has 4 heteroatoms. The highest BCUT2D eigenvalue weighted by Gasteiger charge is 2.23. The van der Waals surface area contributed by atoms with Crippen molar-refractivity contribution in [2.45, 2.75) is 18.9 Å². The molecule has 0 amide bonds. The minimum Gasteiger partial charge on any atom is -0.465 e. The van der Waals surface area contributed by atoms with Crippen molar-refractivity contribution in [2.24, 2.45) is 0 Å². The van der Waals surface area contributed by atoms with Crippen LogP contribution in [0, 0.1) is 0 Å². The molecule has 1 saturated carbocycles. The molecule has 74 valence electrons. The number of anilines is 1. The lowest BCUT2D eigenvalue weighted by molar-refractivity contribution is 0.0601. The second-order valence-electron chi connectivity index (χ2n) is 3.33. The number of rotatable bonds is 3. The maximum absolute atomic E-state index is 11.3. The summed E-state index contributed by atoms with van der Waals surface area (Å²) < 4.78 is 4.66. The van der Waals surface area contributed by atoms with E-state index >= 15 is 0 Å². The number of pyridine rings is 1. The van der Waals surface area contributed by atoms with Gasteiger partial charge in [0.25, 0.3) is 0 Å². The van der Waals surface area contributed by atoms with E-state index in [9.17, 15) is 4.79 Å². The Morgan fingerprint density at radius 1 is 1.64 bits per heavy atom. The number of methoxy groups -OCH3 is 1. The summed E-state index contributed by atoms with van der Waals surface area (Å²) in [5, 5.41) is 3.26. The summed E-state index contributed by atoms with van der Waals surface area (Å²) in [6, 6.07) is 2.31. The smallest absolute Gasteiger partial charge is 0.341 e. The first kappa shape index (κ1) is 8.99. The van der Waals surface area contributed by atoms with Crippen molar-refractivity contribution in [1.29, 1.82) is 0 Å². The zero-order valence-electron chi connectivity index (χ0n) is 7.99. The molecule has 1 heterocycles. The molecule has 0 unspecified atom stereocenters. The second-order valence-corrected chi connectivity index (χ2v) is 3.33. The molecule has 4 nitrogen and oxygen atoms in total. The van der Waals surface area contributed by atoms with Crippen LogP contribution >= 0.6 is 0 Å². The van der Waals surface area contributed by atoms with Gasteiger partial charge in [0.2, 0.25) is 0 Å². The molecule has 1 aromatic rings. The van der Waals surface area contributed by atoms with E-state index in [1.807, 2.05) is 0 Å². The third-order valence-corrected chi connectivity index (χ3v) is 2.16. The number of nitrogens with one attached hydrogen (secondary N) is 1. The highest BCUT2D eigenvalue weighted by molar-refractivity contribution is 5.95. The zero-order chi connectivity index (χ0) is 9.97. The molecule has 1 aliphatic carbocycles. The molecule has 0 atom stereocenters. The number of carbonyl (C=O) groups is 1. The molecule has 2 rings (SSSR count). The minimum absolute atomic E-state index is 0.346. The lowest BCUT2D eigenvalue weighted by Crippen LogP contribution is -2.09. The van der Waals surface area contributed by atoms with Gasteiger partial charge in [-0.1, -0.05) is 0 Å². The van der Waals surface area contributed by atoms with E-state index in [0.29, 0.717) is 11.6 Å². The van der Waals surface area contributed by atoms with Crippen molar-refractivity contribution < 1.29 is 9.53 Å². The van der Waals surface area contributed by atoms with Crippen molar-refractivity contribution >= 4 is 11.7 Å². The van der Waals surface area contributed by atoms with Crippen molar-refractivity contribution in [3.8, 4) is 0 Å². The molecule has 0 bridgehead atoms. The van der Waals surface area contributed by atoms with Crippen LogP contribution in [0.4, 0.5) is 5.69 Å². The number of carbonyl (C=O) groups excluding carboxylic acids is 1. The van der Waals surface area contributed by atoms with Gasteiger partial charge in [-0.3, -0.25) is 4.98 Å². The SMILES string of the molecule is COC(=O)c1cnccc1NC1CC1. The minimum atomic E-state index is -0.346. The van der Waals surface area contributed by atoms with Crippen LogP contribution in [-0.4, -0.2) is 24.1 Å². The molecule has 1 fully saturated rings. The number of nitrogens with zero attached hydrogens (tertiary/aromatic N) is 1. The van der Waals surface area contributed by atoms with Crippen LogP contribution in [0.1, 0.15) is 23.2 Å². The molecule has 1 aliphatic rings. The van der Waals surface area contributed by atoms with Gasteiger partial charge in [0.1, 0.15) is 5.56 Å². The van der Waals surface area contributed by atoms with Crippen molar-refractivity contribution in [1.82, 2.24) is 4.98 Å². The average Bonchev–Trinajstić information content (AvgIpc) is 3.01. The first-order valence-electron chi connectivity index (χ1n) is 4.60. The van der Waals surface area contributed by atoms with E-state index in [1.54, 1.807) is 12.3 Å². The largest absolute Gasteiger partial charge is 0.465 e. The van der Waals surface area contributed by atoms with E-state index < -0.39 is 0 Å². The van der Waals surface area contributed by atoms with E-state index in [4.69, 9.17) is 0 Å². The van der Waals surface area contributed by atoms with Gasteiger partial charge >= 0.3 is 5.97 Å². The predicted octanol–water partition coefficient (Wildman–Crippen LogP) is 1.44. The van der Waals surface area contributed by atoms with Crippen LogP contribution in [0.25, 0.3) is 0 Å². The Morgan fingerprint density at radius 3 is 3.07 bits per heavy atom. The Kier molecular flexibility index (Phi) is 2.35. The van der Waals surface area contributed by atoms with Crippen molar-refractivity contribution in [2.75, 3.05) is 12.4 Å². The van der Waals surface area contributed by atoms with Crippen molar-refractivity contribution in [3.63, 3.8) is 0 Å². The Bertz CT molecular complexity index is 348. The number of esters is 1. The summed E-state index contributed by atoms with van der Waals surface area (Å²) in [6.07, 6.45) is 5.53. The van der Waals surface area contributed by atoms with Crippen LogP contribution in [0.5, 0.6) is 0 Å². The summed E-state index contributed by atoms with van der Waals surface area (Å²) in [7, 11) is 1.37. The quantitative estimate of drug-likeness (QED) is 0.736.